The van der Waals surface area contributed by atoms with Crippen molar-refractivity contribution >= 4 is 41.1 Å². The quantitative estimate of drug-likeness (QED) is 0.174. The Morgan fingerprint density at radius 2 is 1.35 bits per heavy atom. The summed E-state index contributed by atoms with van der Waals surface area (Å²) in [6.07, 6.45) is 1.29. The second-order valence-electron chi connectivity index (χ2n) is 11.0. The Kier molecular flexibility index (Phi) is 15.2. The van der Waals surface area contributed by atoms with Crippen molar-refractivity contribution in [3.05, 3.63) is 71.3 Å². The second kappa shape index (κ2) is 18.6. The summed E-state index contributed by atoms with van der Waals surface area (Å²) >= 11 is 5.56. The lowest BCUT2D eigenvalue weighted by Gasteiger charge is -2.26. The maximum absolute atomic E-state index is 13.6. The fourth-order valence-corrected chi connectivity index (χ4v) is 4.39. The molecule has 0 radical (unpaired) electrons. The van der Waals surface area contributed by atoms with E-state index in [0.717, 1.165) is 16.7 Å². The molecule has 11 heteroatoms. The molecule has 0 saturated heterocycles. The highest BCUT2D eigenvalue weighted by molar-refractivity contribution is 6.27. The van der Waals surface area contributed by atoms with Gasteiger partial charge in [0.25, 0.3) is 0 Å². The fourth-order valence-electron chi connectivity index (χ4n) is 4.29. The van der Waals surface area contributed by atoms with Crippen molar-refractivity contribution in [1.29, 1.82) is 0 Å². The largest absolute Gasteiger partial charge is 0.352 e. The normalized spacial score (nSPS) is 12.9. The molecule has 0 fully saturated rings. The number of benzene rings is 2. The van der Waals surface area contributed by atoms with Gasteiger partial charge in [0, 0.05) is 25.9 Å². The van der Waals surface area contributed by atoms with Crippen LogP contribution in [0.25, 0.3) is 0 Å². The SMILES string of the molecule is CCCC(=O)NC(CNC(=O)CCl)C(=O)NC(CC(C)C)C(=O)NC(Cc1ccccc1)C(=O)NCc1ccc(C)cc1. The molecule has 3 unspecified atom stereocenters. The Balaban J connectivity index is 2.21. The van der Waals surface area contributed by atoms with Crippen LogP contribution in [0.4, 0.5) is 0 Å². The van der Waals surface area contributed by atoms with E-state index in [1.807, 2.05) is 82.3 Å². The summed E-state index contributed by atoms with van der Waals surface area (Å²) in [5, 5.41) is 13.6. The number of carbonyl (C=O) groups is 5. The molecule has 0 spiro atoms. The van der Waals surface area contributed by atoms with Crippen molar-refractivity contribution in [3.8, 4) is 0 Å². The minimum Gasteiger partial charge on any atom is -0.352 e. The Hall–Kier alpha value is -3.92. The monoisotopic (exact) mass is 613 g/mol. The zero-order valence-electron chi connectivity index (χ0n) is 25.4. The van der Waals surface area contributed by atoms with Gasteiger partial charge in [-0.15, -0.1) is 11.6 Å². The molecular formula is C32H44ClN5O5. The first-order chi connectivity index (χ1) is 20.5. The van der Waals surface area contributed by atoms with Crippen LogP contribution < -0.4 is 26.6 Å². The van der Waals surface area contributed by atoms with Crippen molar-refractivity contribution < 1.29 is 24.0 Å². The molecule has 43 heavy (non-hydrogen) atoms. The van der Waals surface area contributed by atoms with Crippen molar-refractivity contribution in [2.24, 2.45) is 5.92 Å². The standard InChI is InChI=1S/C32H44ClN5O5/c1-5-9-28(39)36-27(20-34-29(40)18-33)32(43)37-25(16-21(2)3)31(42)38-26(17-23-10-7-6-8-11-23)30(41)35-19-24-14-12-22(4)13-15-24/h6-8,10-15,21,25-27H,5,9,16-20H2,1-4H3,(H,34,40)(H,35,41)(H,36,39)(H,37,43)(H,38,42). The van der Waals surface area contributed by atoms with Crippen LogP contribution in [-0.2, 0) is 36.9 Å². The van der Waals surface area contributed by atoms with Crippen LogP contribution in [0.3, 0.4) is 0 Å². The Labute approximate surface area is 259 Å². The first-order valence-electron chi connectivity index (χ1n) is 14.6. The summed E-state index contributed by atoms with van der Waals surface area (Å²) in [5.74, 6) is -2.67. The second-order valence-corrected chi connectivity index (χ2v) is 11.2. The van der Waals surface area contributed by atoms with Gasteiger partial charge in [-0.1, -0.05) is 80.9 Å². The van der Waals surface area contributed by atoms with Crippen LogP contribution in [0, 0.1) is 12.8 Å². The van der Waals surface area contributed by atoms with E-state index in [9.17, 15) is 24.0 Å². The van der Waals surface area contributed by atoms with Crippen molar-refractivity contribution in [2.75, 3.05) is 12.4 Å². The number of aryl methyl sites for hydroxylation is 1. The minimum absolute atomic E-state index is 0.0167. The van der Waals surface area contributed by atoms with E-state index in [0.29, 0.717) is 13.0 Å². The smallest absolute Gasteiger partial charge is 0.245 e. The van der Waals surface area contributed by atoms with Gasteiger partial charge in [0.15, 0.2) is 0 Å². The molecule has 5 amide bonds. The molecular weight excluding hydrogens is 570 g/mol. The molecule has 234 valence electrons. The van der Waals surface area contributed by atoms with E-state index >= 15 is 0 Å². The summed E-state index contributed by atoms with van der Waals surface area (Å²) in [6, 6.07) is 14.1. The first kappa shape index (κ1) is 35.3. The molecule has 10 nitrogen and oxygen atoms in total. The molecule has 0 saturated carbocycles. The average molecular weight is 614 g/mol. The molecule has 3 atom stereocenters. The molecule has 0 bridgehead atoms. The molecule has 2 rings (SSSR count). The van der Waals surface area contributed by atoms with Gasteiger partial charge in [0.1, 0.15) is 24.0 Å². The summed E-state index contributed by atoms with van der Waals surface area (Å²) in [6.45, 7) is 7.72. The highest BCUT2D eigenvalue weighted by Gasteiger charge is 2.30. The summed E-state index contributed by atoms with van der Waals surface area (Å²) < 4.78 is 0. The maximum atomic E-state index is 13.6. The lowest BCUT2D eigenvalue weighted by atomic mass is 10.0. The zero-order valence-corrected chi connectivity index (χ0v) is 26.1. The Morgan fingerprint density at radius 3 is 1.95 bits per heavy atom. The number of rotatable bonds is 17. The molecule has 0 heterocycles. The number of hydrogen-bond acceptors (Lipinski definition) is 5. The average Bonchev–Trinajstić information content (AvgIpc) is 2.98. The van der Waals surface area contributed by atoms with Crippen LogP contribution in [0.2, 0.25) is 0 Å². The number of halogens is 1. The van der Waals surface area contributed by atoms with Crippen LogP contribution in [0.1, 0.15) is 56.7 Å². The van der Waals surface area contributed by atoms with E-state index in [1.165, 1.54) is 0 Å². The van der Waals surface area contributed by atoms with Gasteiger partial charge in [0.05, 0.1) is 0 Å². The predicted molar refractivity (Wildman–Crippen MR) is 167 cm³/mol. The Morgan fingerprint density at radius 1 is 0.721 bits per heavy atom. The molecule has 0 aliphatic carbocycles. The van der Waals surface area contributed by atoms with Gasteiger partial charge < -0.3 is 26.6 Å². The zero-order chi connectivity index (χ0) is 31.8. The van der Waals surface area contributed by atoms with Crippen LogP contribution in [0.5, 0.6) is 0 Å². The van der Waals surface area contributed by atoms with E-state index in [4.69, 9.17) is 11.6 Å². The number of nitrogens with one attached hydrogen (secondary N) is 5. The lowest BCUT2D eigenvalue weighted by Crippen LogP contribution is -2.59. The molecule has 0 aliphatic heterocycles. The number of carbonyl (C=O) groups excluding carboxylic acids is 5. The third-order valence-corrected chi connectivity index (χ3v) is 6.84. The summed E-state index contributed by atoms with van der Waals surface area (Å²) in [4.78, 5) is 64.3. The van der Waals surface area contributed by atoms with Crippen LogP contribution >= 0.6 is 11.6 Å². The minimum atomic E-state index is -1.12. The molecule has 0 aromatic heterocycles. The molecule has 2 aromatic rings. The van der Waals surface area contributed by atoms with E-state index in [-0.39, 0.29) is 49.4 Å². The third-order valence-electron chi connectivity index (χ3n) is 6.60. The van der Waals surface area contributed by atoms with Crippen molar-refractivity contribution in [3.63, 3.8) is 0 Å². The van der Waals surface area contributed by atoms with E-state index in [1.54, 1.807) is 0 Å². The van der Waals surface area contributed by atoms with Crippen molar-refractivity contribution in [2.45, 2.75) is 78.0 Å². The number of alkyl halides is 1. The maximum Gasteiger partial charge on any atom is 0.245 e. The lowest BCUT2D eigenvalue weighted by molar-refractivity contribution is -0.134. The van der Waals surface area contributed by atoms with Gasteiger partial charge >= 0.3 is 0 Å². The number of hydrogen-bond donors (Lipinski definition) is 5. The summed E-state index contributed by atoms with van der Waals surface area (Å²) in [5.41, 5.74) is 2.89. The Bertz CT molecular complexity index is 1210. The number of amides is 5. The van der Waals surface area contributed by atoms with Gasteiger partial charge in [0.2, 0.25) is 29.5 Å². The van der Waals surface area contributed by atoms with Crippen LogP contribution in [0.15, 0.2) is 54.6 Å². The van der Waals surface area contributed by atoms with Gasteiger partial charge in [-0.05, 0) is 36.8 Å². The predicted octanol–water partition coefficient (Wildman–Crippen LogP) is 2.51. The third kappa shape index (κ3) is 13.3. The van der Waals surface area contributed by atoms with Gasteiger partial charge in [-0.25, -0.2) is 0 Å². The van der Waals surface area contributed by atoms with E-state index in [2.05, 4.69) is 26.6 Å². The molecule has 5 N–H and O–H groups in total. The molecule has 2 aromatic carbocycles. The van der Waals surface area contributed by atoms with Crippen molar-refractivity contribution in [1.82, 2.24) is 26.6 Å². The summed E-state index contributed by atoms with van der Waals surface area (Å²) in [7, 11) is 0. The first-order valence-corrected chi connectivity index (χ1v) is 15.2. The van der Waals surface area contributed by atoms with E-state index < -0.39 is 35.8 Å². The highest BCUT2D eigenvalue weighted by Crippen LogP contribution is 2.09. The highest BCUT2D eigenvalue weighted by atomic mass is 35.5. The topological polar surface area (TPSA) is 146 Å². The molecule has 0 aliphatic rings. The van der Waals surface area contributed by atoms with Gasteiger partial charge in [-0.3, -0.25) is 24.0 Å². The fraction of sp³-hybridized carbons (Fsp3) is 0.469. The van der Waals surface area contributed by atoms with Crippen LogP contribution in [-0.4, -0.2) is 60.1 Å². The van der Waals surface area contributed by atoms with Gasteiger partial charge in [-0.2, -0.15) is 0 Å².